The highest BCUT2D eigenvalue weighted by molar-refractivity contribution is 4.86. The average molecular weight is 241 g/mol. The van der Waals surface area contributed by atoms with E-state index in [4.69, 9.17) is 0 Å². The molecule has 0 bridgehead atoms. The van der Waals surface area contributed by atoms with Crippen LogP contribution in [0.15, 0.2) is 0 Å². The molecule has 3 heteroatoms. The number of hydrogen-bond acceptors (Lipinski definition) is 3. The van der Waals surface area contributed by atoms with Crippen LogP contribution >= 0.6 is 0 Å². The lowest BCUT2D eigenvalue weighted by molar-refractivity contribution is 0.0425. The van der Waals surface area contributed by atoms with Crippen molar-refractivity contribution in [2.45, 2.75) is 46.2 Å². The molecular formula is C14H31N3. The fourth-order valence-electron chi connectivity index (χ4n) is 2.81. The minimum absolute atomic E-state index is 0.685. The van der Waals surface area contributed by atoms with Crippen LogP contribution < -0.4 is 5.32 Å². The molecular weight excluding hydrogens is 210 g/mol. The normalized spacial score (nSPS) is 25.4. The molecule has 1 heterocycles. The van der Waals surface area contributed by atoms with Crippen LogP contribution in [-0.2, 0) is 0 Å². The van der Waals surface area contributed by atoms with Crippen molar-refractivity contribution < 1.29 is 0 Å². The summed E-state index contributed by atoms with van der Waals surface area (Å²) >= 11 is 0. The van der Waals surface area contributed by atoms with E-state index < -0.39 is 0 Å². The van der Waals surface area contributed by atoms with Crippen LogP contribution in [-0.4, -0.2) is 61.7 Å². The summed E-state index contributed by atoms with van der Waals surface area (Å²) in [5.41, 5.74) is 0. The zero-order chi connectivity index (χ0) is 12.8. The highest BCUT2D eigenvalue weighted by atomic mass is 15.3. The fraction of sp³-hybridized carbons (Fsp3) is 1.00. The van der Waals surface area contributed by atoms with Gasteiger partial charge in [0.2, 0.25) is 0 Å². The van der Waals surface area contributed by atoms with Gasteiger partial charge >= 0.3 is 0 Å². The smallest absolute Gasteiger partial charge is 0.0247 e. The first-order chi connectivity index (χ1) is 8.06. The third-order valence-corrected chi connectivity index (χ3v) is 3.86. The number of piperazine rings is 1. The van der Waals surface area contributed by atoms with Crippen molar-refractivity contribution in [2.24, 2.45) is 5.92 Å². The second-order valence-electron chi connectivity index (χ2n) is 5.86. The summed E-state index contributed by atoms with van der Waals surface area (Å²) in [7, 11) is 2.23. The van der Waals surface area contributed by atoms with Crippen molar-refractivity contribution in [1.82, 2.24) is 15.1 Å². The van der Waals surface area contributed by atoms with Gasteiger partial charge in [0.1, 0.15) is 0 Å². The summed E-state index contributed by atoms with van der Waals surface area (Å²) in [5.74, 6) is 0.727. The van der Waals surface area contributed by atoms with Gasteiger partial charge in [-0.25, -0.2) is 0 Å². The van der Waals surface area contributed by atoms with E-state index in [-0.39, 0.29) is 0 Å². The van der Waals surface area contributed by atoms with E-state index in [2.05, 4.69) is 49.9 Å². The molecule has 0 spiro atoms. The Morgan fingerprint density at radius 3 is 2.53 bits per heavy atom. The highest BCUT2D eigenvalue weighted by Gasteiger charge is 2.29. The largest absolute Gasteiger partial charge is 0.315 e. The first kappa shape index (κ1) is 14.9. The van der Waals surface area contributed by atoms with Gasteiger partial charge in [-0.05, 0) is 32.9 Å². The summed E-state index contributed by atoms with van der Waals surface area (Å²) in [6.07, 6.45) is 1.23. The standard InChI is InChI=1S/C14H31N3/c1-6-7-15-10-14(12(2)3)17-9-8-16(5)11-13(17)4/h12-15H,6-11H2,1-5H3. The van der Waals surface area contributed by atoms with Gasteiger partial charge < -0.3 is 10.2 Å². The molecule has 0 aromatic carbocycles. The molecule has 0 aromatic heterocycles. The van der Waals surface area contributed by atoms with Crippen LogP contribution in [0.25, 0.3) is 0 Å². The Balaban J connectivity index is 2.51. The molecule has 0 radical (unpaired) electrons. The molecule has 17 heavy (non-hydrogen) atoms. The summed E-state index contributed by atoms with van der Waals surface area (Å²) in [5, 5.41) is 3.59. The van der Waals surface area contributed by atoms with Crippen LogP contribution in [0, 0.1) is 5.92 Å². The lowest BCUT2D eigenvalue weighted by atomic mass is 9.99. The van der Waals surface area contributed by atoms with Crippen molar-refractivity contribution >= 4 is 0 Å². The fourth-order valence-corrected chi connectivity index (χ4v) is 2.81. The Labute approximate surface area is 108 Å². The number of likely N-dealkylation sites (N-methyl/N-ethyl adjacent to an activating group) is 1. The third kappa shape index (κ3) is 4.57. The van der Waals surface area contributed by atoms with Crippen molar-refractivity contribution in [1.29, 1.82) is 0 Å². The predicted molar refractivity (Wildman–Crippen MR) is 75.5 cm³/mol. The average Bonchev–Trinajstić information content (AvgIpc) is 2.25. The Morgan fingerprint density at radius 2 is 2.00 bits per heavy atom. The Kier molecular flexibility index (Phi) is 6.45. The van der Waals surface area contributed by atoms with Crippen LogP contribution in [0.2, 0.25) is 0 Å². The van der Waals surface area contributed by atoms with Crippen molar-refractivity contribution in [3.63, 3.8) is 0 Å². The van der Waals surface area contributed by atoms with Crippen LogP contribution in [0.5, 0.6) is 0 Å². The van der Waals surface area contributed by atoms with Gasteiger partial charge in [-0.1, -0.05) is 20.8 Å². The van der Waals surface area contributed by atoms with E-state index in [9.17, 15) is 0 Å². The number of rotatable bonds is 6. The molecule has 2 atom stereocenters. The van der Waals surface area contributed by atoms with E-state index in [1.54, 1.807) is 0 Å². The molecule has 1 fully saturated rings. The Bertz CT molecular complexity index is 206. The molecule has 1 rings (SSSR count). The maximum Gasteiger partial charge on any atom is 0.0247 e. The molecule has 0 aromatic rings. The molecule has 1 aliphatic heterocycles. The Morgan fingerprint density at radius 1 is 1.29 bits per heavy atom. The van der Waals surface area contributed by atoms with Gasteiger partial charge in [-0.15, -0.1) is 0 Å². The molecule has 0 saturated carbocycles. The maximum absolute atomic E-state index is 3.59. The summed E-state index contributed by atoms with van der Waals surface area (Å²) in [6.45, 7) is 15.2. The lowest BCUT2D eigenvalue weighted by Gasteiger charge is -2.44. The van der Waals surface area contributed by atoms with Crippen molar-refractivity contribution in [3.05, 3.63) is 0 Å². The molecule has 2 unspecified atom stereocenters. The van der Waals surface area contributed by atoms with E-state index in [1.165, 1.54) is 26.1 Å². The van der Waals surface area contributed by atoms with Crippen molar-refractivity contribution in [3.8, 4) is 0 Å². The molecule has 3 nitrogen and oxygen atoms in total. The first-order valence-corrected chi connectivity index (χ1v) is 7.21. The van der Waals surface area contributed by atoms with Gasteiger partial charge in [0, 0.05) is 38.3 Å². The minimum atomic E-state index is 0.685. The predicted octanol–water partition coefficient (Wildman–Crippen LogP) is 1.65. The molecule has 0 amide bonds. The number of nitrogens with zero attached hydrogens (tertiary/aromatic N) is 2. The van der Waals surface area contributed by atoms with Gasteiger partial charge in [-0.3, -0.25) is 4.90 Å². The highest BCUT2D eigenvalue weighted by Crippen LogP contribution is 2.17. The number of hydrogen-bond donors (Lipinski definition) is 1. The second kappa shape index (κ2) is 7.34. The van der Waals surface area contributed by atoms with E-state index in [1.807, 2.05) is 0 Å². The summed E-state index contributed by atoms with van der Waals surface area (Å²) in [4.78, 5) is 5.14. The zero-order valence-electron chi connectivity index (χ0n) is 12.4. The monoisotopic (exact) mass is 241 g/mol. The second-order valence-corrected chi connectivity index (χ2v) is 5.86. The molecule has 0 aliphatic carbocycles. The number of nitrogens with one attached hydrogen (secondary N) is 1. The Hall–Kier alpha value is -0.120. The van der Waals surface area contributed by atoms with Gasteiger partial charge in [0.05, 0.1) is 0 Å². The van der Waals surface area contributed by atoms with E-state index in [0.29, 0.717) is 12.1 Å². The van der Waals surface area contributed by atoms with Gasteiger partial charge in [-0.2, -0.15) is 0 Å². The lowest BCUT2D eigenvalue weighted by Crippen LogP contribution is -2.58. The van der Waals surface area contributed by atoms with Crippen LogP contribution in [0.4, 0.5) is 0 Å². The molecule has 1 aliphatic rings. The van der Waals surface area contributed by atoms with E-state index in [0.717, 1.165) is 19.0 Å². The topological polar surface area (TPSA) is 18.5 Å². The maximum atomic E-state index is 3.59. The first-order valence-electron chi connectivity index (χ1n) is 7.21. The minimum Gasteiger partial charge on any atom is -0.315 e. The zero-order valence-corrected chi connectivity index (χ0v) is 12.4. The third-order valence-electron chi connectivity index (χ3n) is 3.86. The van der Waals surface area contributed by atoms with Crippen LogP contribution in [0.3, 0.4) is 0 Å². The summed E-state index contributed by atoms with van der Waals surface area (Å²) in [6, 6.07) is 1.37. The summed E-state index contributed by atoms with van der Waals surface area (Å²) < 4.78 is 0. The molecule has 102 valence electrons. The van der Waals surface area contributed by atoms with Gasteiger partial charge in [0.15, 0.2) is 0 Å². The SMILES string of the molecule is CCCNCC(C(C)C)N1CCN(C)CC1C. The van der Waals surface area contributed by atoms with Crippen molar-refractivity contribution in [2.75, 3.05) is 39.8 Å². The quantitative estimate of drug-likeness (QED) is 0.713. The van der Waals surface area contributed by atoms with Crippen LogP contribution in [0.1, 0.15) is 34.1 Å². The van der Waals surface area contributed by atoms with E-state index >= 15 is 0 Å². The van der Waals surface area contributed by atoms with Gasteiger partial charge in [0.25, 0.3) is 0 Å². The molecule has 1 N–H and O–H groups in total. The molecule has 1 saturated heterocycles.